The van der Waals surface area contributed by atoms with Gasteiger partial charge in [-0.25, -0.2) is 13.1 Å². The fraction of sp³-hybridized carbons (Fsp3) is 0.632. The maximum absolute atomic E-state index is 12.6. The van der Waals surface area contributed by atoms with Crippen LogP contribution in [0.25, 0.3) is 0 Å². The zero-order valence-electron chi connectivity index (χ0n) is 15.3. The number of amides is 1. The lowest BCUT2D eigenvalue weighted by molar-refractivity contribution is 0.0688. The summed E-state index contributed by atoms with van der Waals surface area (Å²) in [5.41, 5.74) is 0.540. The Bertz CT molecular complexity index is 704. The Labute approximate surface area is 156 Å². The van der Waals surface area contributed by atoms with Crippen molar-refractivity contribution in [2.45, 2.75) is 50.0 Å². The molecule has 1 N–H and O–H groups in total. The quantitative estimate of drug-likeness (QED) is 0.822. The molecule has 1 aromatic carbocycles. The van der Waals surface area contributed by atoms with Crippen LogP contribution in [0.4, 0.5) is 0 Å². The summed E-state index contributed by atoms with van der Waals surface area (Å²) in [5.74, 6) is 0.692. The van der Waals surface area contributed by atoms with E-state index < -0.39 is 10.0 Å². The largest absolute Gasteiger partial charge is 0.377 e. The number of ether oxygens (including phenoxy) is 1. The first-order chi connectivity index (χ1) is 12.5. The average molecular weight is 381 g/mol. The number of carbonyl (C=O) groups is 1. The Hall–Kier alpha value is -1.44. The molecule has 0 saturated carbocycles. The van der Waals surface area contributed by atoms with Gasteiger partial charge in [0.2, 0.25) is 10.0 Å². The number of nitrogens with one attached hydrogen (secondary N) is 1. The van der Waals surface area contributed by atoms with E-state index in [4.69, 9.17) is 4.74 Å². The van der Waals surface area contributed by atoms with E-state index in [9.17, 15) is 13.2 Å². The first-order valence-corrected chi connectivity index (χ1v) is 11.0. The van der Waals surface area contributed by atoms with Gasteiger partial charge in [-0.05, 0) is 55.9 Å². The molecular formula is C19H28N2O4S. The van der Waals surface area contributed by atoms with Crippen LogP contribution in [-0.4, -0.2) is 51.6 Å². The van der Waals surface area contributed by atoms with Crippen molar-refractivity contribution in [3.05, 3.63) is 29.8 Å². The van der Waals surface area contributed by atoms with Gasteiger partial charge in [0.25, 0.3) is 5.91 Å². The van der Waals surface area contributed by atoms with Crippen LogP contribution in [0.3, 0.4) is 0 Å². The molecule has 0 radical (unpaired) electrons. The molecule has 2 fully saturated rings. The number of hydrogen-bond donors (Lipinski definition) is 1. The molecule has 6 nitrogen and oxygen atoms in total. The average Bonchev–Trinajstić information content (AvgIpc) is 3.20. The Kier molecular flexibility index (Phi) is 6.32. The van der Waals surface area contributed by atoms with Gasteiger partial charge in [-0.3, -0.25) is 4.79 Å². The lowest BCUT2D eigenvalue weighted by Gasteiger charge is -2.31. The SMILES string of the molecule is CCC1CCN(C(=O)c2ccc(S(=O)(=O)NCC3CCCO3)cc2)CC1. The van der Waals surface area contributed by atoms with Gasteiger partial charge in [-0.2, -0.15) is 0 Å². The second-order valence-electron chi connectivity index (χ2n) is 7.16. The fourth-order valence-corrected chi connectivity index (χ4v) is 4.66. The molecule has 0 aliphatic carbocycles. The van der Waals surface area contributed by atoms with Crippen LogP contribution in [0.2, 0.25) is 0 Å². The van der Waals surface area contributed by atoms with Crippen molar-refractivity contribution in [3.63, 3.8) is 0 Å². The highest BCUT2D eigenvalue weighted by molar-refractivity contribution is 7.89. The zero-order valence-corrected chi connectivity index (χ0v) is 16.1. The summed E-state index contributed by atoms with van der Waals surface area (Å²) < 4.78 is 32.8. The van der Waals surface area contributed by atoms with E-state index in [2.05, 4.69) is 11.6 Å². The van der Waals surface area contributed by atoms with Gasteiger partial charge in [0.1, 0.15) is 0 Å². The van der Waals surface area contributed by atoms with Crippen LogP contribution in [0.5, 0.6) is 0 Å². The smallest absolute Gasteiger partial charge is 0.253 e. The van der Waals surface area contributed by atoms with Crippen LogP contribution in [0.1, 0.15) is 49.4 Å². The monoisotopic (exact) mass is 380 g/mol. The molecule has 26 heavy (non-hydrogen) atoms. The van der Waals surface area contributed by atoms with Crippen molar-refractivity contribution in [1.29, 1.82) is 0 Å². The highest BCUT2D eigenvalue weighted by Gasteiger charge is 2.24. The molecular weight excluding hydrogens is 352 g/mol. The molecule has 2 aliphatic heterocycles. The molecule has 2 saturated heterocycles. The second-order valence-corrected chi connectivity index (χ2v) is 8.92. The molecule has 0 bridgehead atoms. The summed E-state index contributed by atoms with van der Waals surface area (Å²) >= 11 is 0. The number of likely N-dealkylation sites (tertiary alicyclic amines) is 1. The third-order valence-electron chi connectivity index (χ3n) is 5.42. The second kappa shape index (κ2) is 8.50. The van der Waals surface area contributed by atoms with E-state index in [0.717, 1.165) is 45.2 Å². The number of benzene rings is 1. The highest BCUT2D eigenvalue weighted by Crippen LogP contribution is 2.22. The summed E-state index contributed by atoms with van der Waals surface area (Å²) in [7, 11) is -3.58. The molecule has 1 aromatic rings. The van der Waals surface area contributed by atoms with E-state index >= 15 is 0 Å². The topological polar surface area (TPSA) is 75.7 Å². The Morgan fingerprint density at radius 3 is 2.46 bits per heavy atom. The molecule has 2 aliphatic rings. The van der Waals surface area contributed by atoms with Crippen molar-refractivity contribution in [2.75, 3.05) is 26.2 Å². The number of carbonyl (C=O) groups excluding carboxylic acids is 1. The summed E-state index contributed by atoms with van der Waals surface area (Å²) in [5, 5.41) is 0. The maximum Gasteiger partial charge on any atom is 0.253 e. The molecule has 1 amide bonds. The van der Waals surface area contributed by atoms with Crippen molar-refractivity contribution in [2.24, 2.45) is 5.92 Å². The number of rotatable bonds is 6. The van der Waals surface area contributed by atoms with Gasteiger partial charge in [0.15, 0.2) is 0 Å². The van der Waals surface area contributed by atoms with Gasteiger partial charge < -0.3 is 9.64 Å². The number of piperidine rings is 1. The van der Waals surface area contributed by atoms with Gasteiger partial charge in [-0.15, -0.1) is 0 Å². The lowest BCUT2D eigenvalue weighted by Crippen LogP contribution is -2.38. The standard InChI is InChI=1S/C19H28N2O4S/c1-2-15-9-11-21(12-10-15)19(22)16-5-7-18(8-6-16)26(23,24)20-14-17-4-3-13-25-17/h5-8,15,17,20H,2-4,9-14H2,1H3. The van der Waals surface area contributed by atoms with E-state index in [1.54, 1.807) is 12.1 Å². The summed E-state index contributed by atoms with van der Waals surface area (Å²) in [4.78, 5) is 14.6. The van der Waals surface area contributed by atoms with Crippen LogP contribution < -0.4 is 4.72 Å². The van der Waals surface area contributed by atoms with Crippen LogP contribution in [-0.2, 0) is 14.8 Å². The van der Waals surface area contributed by atoms with Gasteiger partial charge in [0.05, 0.1) is 11.0 Å². The lowest BCUT2D eigenvalue weighted by atomic mass is 9.94. The third-order valence-corrected chi connectivity index (χ3v) is 6.86. The first kappa shape index (κ1) is 19.3. The van der Waals surface area contributed by atoms with Crippen molar-refractivity contribution >= 4 is 15.9 Å². The summed E-state index contributed by atoms with van der Waals surface area (Å²) in [6.45, 7) is 4.73. The molecule has 2 heterocycles. The molecule has 0 aromatic heterocycles. The van der Waals surface area contributed by atoms with Crippen molar-refractivity contribution in [3.8, 4) is 0 Å². The van der Waals surface area contributed by atoms with E-state index in [1.165, 1.54) is 12.1 Å². The maximum atomic E-state index is 12.6. The van der Waals surface area contributed by atoms with E-state index in [-0.39, 0.29) is 23.5 Å². The van der Waals surface area contributed by atoms with E-state index in [1.807, 2.05) is 4.90 Å². The van der Waals surface area contributed by atoms with Crippen molar-refractivity contribution in [1.82, 2.24) is 9.62 Å². The molecule has 1 unspecified atom stereocenters. The van der Waals surface area contributed by atoms with Crippen LogP contribution in [0.15, 0.2) is 29.2 Å². The van der Waals surface area contributed by atoms with Crippen molar-refractivity contribution < 1.29 is 17.9 Å². The molecule has 7 heteroatoms. The summed E-state index contributed by atoms with van der Waals surface area (Å²) in [6, 6.07) is 6.22. The normalized spacial score (nSPS) is 21.9. The zero-order chi connectivity index (χ0) is 18.6. The van der Waals surface area contributed by atoms with Crippen LogP contribution >= 0.6 is 0 Å². The molecule has 0 spiro atoms. The molecule has 144 valence electrons. The molecule has 1 atom stereocenters. The Morgan fingerprint density at radius 2 is 1.88 bits per heavy atom. The summed E-state index contributed by atoms with van der Waals surface area (Å²) in [6.07, 6.45) is 5.05. The fourth-order valence-electron chi connectivity index (χ4n) is 3.59. The number of sulfonamides is 1. The minimum Gasteiger partial charge on any atom is -0.377 e. The van der Waals surface area contributed by atoms with Gasteiger partial charge >= 0.3 is 0 Å². The van der Waals surface area contributed by atoms with E-state index in [0.29, 0.717) is 18.1 Å². The van der Waals surface area contributed by atoms with Gasteiger partial charge in [-0.1, -0.05) is 13.3 Å². The Morgan fingerprint density at radius 1 is 1.19 bits per heavy atom. The predicted molar refractivity (Wildman–Crippen MR) is 99.5 cm³/mol. The van der Waals surface area contributed by atoms with Gasteiger partial charge in [0, 0.05) is 31.8 Å². The Balaban J connectivity index is 1.59. The van der Waals surface area contributed by atoms with Crippen LogP contribution in [0, 0.1) is 5.92 Å². The first-order valence-electron chi connectivity index (χ1n) is 9.50. The minimum atomic E-state index is -3.58. The number of hydrogen-bond acceptors (Lipinski definition) is 4. The minimum absolute atomic E-state index is 0.0178. The third kappa shape index (κ3) is 4.64. The molecule has 3 rings (SSSR count). The highest BCUT2D eigenvalue weighted by atomic mass is 32.2. The number of nitrogens with zero attached hydrogens (tertiary/aromatic N) is 1. The predicted octanol–water partition coefficient (Wildman–Crippen LogP) is 2.41.